The Morgan fingerprint density at radius 3 is 2.53 bits per heavy atom. The molecule has 2 aliphatic carbocycles. The molecular weight excluding hydrogens is 406 g/mol. The third-order valence-electron chi connectivity index (χ3n) is 7.47. The van der Waals surface area contributed by atoms with Gasteiger partial charge in [-0.1, -0.05) is 12.8 Å². The van der Waals surface area contributed by atoms with Crippen LogP contribution in [-0.2, 0) is 14.9 Å². The zero-order valence-electron chi connectivity index (χ0n) is 19.7. The van der Waals surface area contributed by atoms with Gasteiger partial charge in [0.25, 0.3) is 0 Å². The number of nitrogens with zero attached hydrogens (tertiary/aromatic N) is 4. The quantitative estimate of drug-likeness (QED) is 0.750. The monoisotopic (exact) mass is 441 g/mol. The standard InChI is InChI=1S/C24H35N5O3/c1-22(2,3)32-21(31)28-14-8-7-11-23(28,4)27-20-25-15-17-18(26-20)29(16-9-5-6-10-16)19(30)24(17)12-13-24/h15-16H,5-14H2,1-4H3,(H,25,26,27). The number of aromatic nitrogens is 2. The largest absolute Gasteiger partial charge is 0.444 e. The Balaban J connectivity index is 1.43. The summed E-state index contributed by atoms with van der Waals surface area (Å²) < 4.78 is 5.67. The maximum absolute atomic E-state index is 13.3. The van der Waals surface area contributed by atoms with Crippen LogP contribution in [0, 0.1) is 0 Å². The maximum Gasteiger partial charge on any atom is 0.412 e. The zero-order valence-corrected chi connectivity index (χ0v) is 19.7. The van der Waals surface area contributed by atoms with E-state index < -0.39 is 11.3 Å². The van der Waals surface area contributed by atoms with Crippen molar-refractivity contribution in [1.29, 1.82) is 0 Å². The molecule has 0 bridgehead atoms. The molecule has 1 spiro atoms. The fraction of sp³-hybridized carbons (Fsp3) is 0.750. The Hall–Kier alpha value is -2.38. The van der Waals surface area contributed by atoms with Gasteiger partial charge in [0.1, 0.15) is 17.1 Å². The number of nitrogens with one attached hydrogen (secondary N) is 1. The molecule has 0 aromatic carbocycles. The molecule has 3 heterocycles. The molecule has 2 saturated carbocycles. The minimum absolute atomic E-state index is 0.213. The Labute approximate surface area is 190 Å². The second-order valence-electron chi connectivity index (χ2n) is 11.1. The number of piperidine rings is 1. The molecule has 1 aromatic rings. The molecule has 1 saturated heterocycles. The van der Waals surface area contributed by atoms with Gasteiger partial charge in [-0.2, -0.15) is 4.98 Å². The number of hydrogen-bond donors (Lipinski definition) is 1. The maximum atomic E-state index is 13.3. The zero-order chi connectivity index (χ0) is 22.7. The molecule has 2 aliphatic heterocycles. The molecule has 2 amide bonds. The van der Waals surface area contributed by atoms with Crippen molar-refractivity contribution in [2.75, 3.05) is 16.8 Å². The van der Waals surface area contributed by atoms with Gasteiger partial charge in [0.15, 0.2) is 0 Å². The SMILES string of the molecule is CC(C)(C)OC(=O)N1CCCCC1(C)Nc1ncc2c(n1)N(C1CCCC1)C(=O)C21CC1. The van der Waals surface area contributed by atoms with Crippen molar-refractivity contribution >= 4 is 23.8 Å². The van der Waals surface area contributed by atoms with E-state index >= 15 is 0 Å². The normalized spacial score (nSPS) is 27.1. The van der Waals surface area contributed by atoms with Gasteiger partial charge < -0.3 is 10.1 Å². The van der Waals surface area contributed by atoms with E-state index in [-0.39, 0.29) is 23.5 Å². The lowest BCUT2D eigenvalue weighted by atomic mass is 9.97. The van der Waals surface area contributed by atoms with Crippen molar-refractivity contribution in [2.45, 2.75) is 108 Å². The summed E-state index contributed by atoms with van der Waals surface area (Å²) in [5, 5.41) is 3.44. The predicted octanol–water partition coefficient (Wildman–Crippen LogP) is 4.35. The lowest BCUT2D eigenvalue weighted by Gasteiger charge is -2.45. The molecule has 174 valence electrons. The number of likely N-dealkylation sites (tertiary alicyclic amines) is 1. The van der Waals surface area contributed by atoms with E-state index in [4.69, 9.17) is 9.72 Å². The topological polar surface area (TPSA) is 87.7 Å². The molecule has 4 aliphatic rings. The third-order valence-corrected chi connectivity index (χ3v) is 7.47. The summed E-state index contributed by atoms with van der Waals surface area (Å²) in [7, 11) is 0. The Kier molecular flexibility index (Phi) is 4.91. The summed E-state index contributed by atoms with van der Waals surface area (Å²) in [6.07, 6.45) is 10.4. The van der Waals surface area contributed by atoms with Gasteiger partial charge in [-0.15, -0.1) is 0 Å². The molecule has 32 heavy (non-hydrogen) atoms. The second kappa shape index (κ2) is 7.32. The molecule has 1 aromatic heterocycles. The van der Waals surface area contributed by atoms with Gasteiger partial charge in [0, 0.05) is 24.3 Å². The molecule has 1 unspecified atom stereocenters. The minimum Gasteiger partial charge on any atom is -0.444 e. The van der Waals surface area contributed by atoms with Crippen LogP contribution >= 0.6 is 0 Å². The van der Waals surface area contributed by atoms with Crippen LogP contribution < -0.4 is 10.2 Å². The van der Waals surface area contributed by atoms with E-state index in [1.807, 2.05) is 38.8 Å². The molecule has 5 rings (SSSR count). The average Bonchev–Trinajstić information content (AvgIpc) is 3.27. The van der Waals surface area contributed by atoms with E-state index in [2.05, 4.69) is 10.3 Å². The number of carbonyl (C=O) groups excluding carboxylic acids is 2. The highest BCUT2D eigenvalue weighted by Gasteiger charge is 2.61. The molecular formula is C24H35N5O3. The van der Waals surface area contributed by atoms with E-state index in [1.54, 1.807) is 4.90 Å². The van der Waals surface area contributed by atoms with Crippen LogP contribution in [0.3, 0.4) is 0 Å². The van der Waals surface area contributed by atoms with Gasteiger partial charge in [-0.05, 0) is 72.6 Å². The van der Waals surface area contributed by atoms with Crippen molar-refractivity contribution in [3.63, 3.8) is 0 Å². The lowest BCUT2D eigenvalue weighted by molar-refractivity contribution is -0.120. The van der Waals surface area contributed by atoms with Crippen molar-refractivity contribution in [3.05, 3.63) is 11.8 Å². The number of amides is 2. The minimum atomic E-state index is -0.646. The van der Waals surface area contributed by atoms with Crippen LogP contribution in [0.1, 0.15) is 91.0 Å². The van der Waals surface area contributed by atoms with E-state index in [1.165, 1.54) is 0 Å². The molecule has 0 radical (unpaired) electrons. The number of rotatable bonds is 3. The molecule has 1 atom stereocenters. The molecule has 8 heteroatoms. The number of anilines is 2. The number of carbonyl (C=O) groups is 2. The van der Waals surface area contributed by atoms with Crippen LogP contribution in [0.15, 0.2) is 6.20 Å². The van der Waals surface area contributed by atoms with Crippen LogP contribution in [0.4, 0.5) is 16.6 Å². The summed E-state index contributed by atoms with van der Waals surface area (Å²) in [6.45, 7) is 8.27. The molecule has 1 N–H and O–H groups in total. The summed E-state index contributed by atoms with van der Waals surface area (Å²) in [6, 6.07) is 0.243. The van der Waals surface area contributed by atoms with E-state index in [9.17, 15) is 9.59 Å². The number of fused-ring (bicyclic) bond motifs is 2. The van der Waals surface area contributed by atoms with E-state index in [0.29, 0.717) is 12.5 Å². The lowest BCUT2D eigenvalue weighted by Crippen LogP contribution is -2.58. The van der Waals surface area contributed by atoms with Crippen LogP contribution in [0.5, 0.6) is 0 Å². The van der Waals surface area contributed by atoms with Crippen molar-refractivity contribution in [2.24, 2.45) is 0 Å². The first-order chi connectivity index (χ1) is 15.1. The van der Waals surface area contributed by atoms with Crippen molar-refractivity contribution in [3.8, 4) is 0 Å². The van der Waals surface area contributed by atoms with Crippen LogP contribution in [0.25, 0.3) is 0 Å². The fourth-order valence-electron chi connectivity index (χ4n) is 5.61. The average molecular weight is 442 g/mol. The predicted molar refractivity (Wildman–Crippen MR) is 122 cm³/mol. The summed E-state index contributed by atoms with van der Waals surface area (Å²) >= 11 is 0. The van der Waals surface area contributed by atoms with Gasteiger partial charge in [0.05, 0.1) is 5.41 Å². The van der Waals surface area contributed by atoms with Crippen LogP contribution in [0.2, 0.25) is 0 Å². The van der Waals surface area contributed by atoms with Gasteiger partial charge >= 0.3 is 6.09 Å². The summed E-state index contributed by atoms with van der Waals surface area (Å²) in [5.41, 5.74) is -0.598. The smallest absolute Gasteiger partial charge is 0.412 e. The molecule has 8 nitrogen and oxygen atoms in total. The Bertz CT molecular complexity index is 932. The second-order valence-corrected chi connectivity index (χ2v) is 11.1. The van der Waals surface area contributed by atoms with Gasteiger partial charge in [-0.25, -0.2) is 9.78 Å². The van der Waals surface area contributed by atoms with Crippen molar-refractivity contribution < 1.29 is 14.3 Å². The highest BCUT2D eigenvalue weighted by atomic mass is 16.6. The highest BCUT2D eigenvalue weighted by Crippen LogP contribution is 2.57. The number of hydrogen-bond acceptors (Lipinski definition) is 6. The first-order valence-corrected chi connectivity index (χ1v) is 12.1. The number of ether oxygens (including phenoxy) is 1. The molecule has 3 fully saturated rings. The summed E-state index contributed by atoms with van der Waals surface area (Å²) in [4.78, 5) is 39.5. The van der Waals surface area contributed by atoms with Gasteiger partial charge in [0.2, 0.25) is 11.9 Å². The first-order valence-electron chi connectivity index (χ1n) is 12.1. The highest BCUT2D eigenvalue weighted by molar-refractivity contribution is 6.09. The van der Waals surface area contributed by atoms with Gasteiger partial charge in [-0.3, -0.25) is 14.6 Å². The third kappa shape index (κ3) is 3.52. The van der Waals surface area contributed by atoms with Crippen LogP contribution in [-0.4, -0.2) is 50.7 Å². The van der Waals surface area contributed by atoms with E-state index in [0.717, 1.165) is 69.2 Å². The Morgan fingerprint density at radius 2 is 1.88 bits per heavy atom. The van der Waals surface area contributed by atoms with Crippen molar-refractivity contribution in [1.82, 2.24) is 14.9 Å². The fourth-order valence-corrected chi connectivity index (χ4v) is 5.61. The first kappa shape index (κ1) is 21.5. The Morgan fingerprint density at radius 1 is 1.16 bits per heavy atom. The summed E-state index contributed by atoms with van der Waals surface area (Å²) in [5.74, 6) is 1.46.